The standard InChI is InChI=1S/C14H11NO3/c16-14(12-6-8-13(15-17)9-7-12)18-10-11-4-2-1-3-5-11/h1-9H,10H2. The number of nitrogens with zero attached hydrogens (tertiary/aromatic N) is 1. The van der Waals surface area contributed by atoms with Crippen LogP contribution in [0, 0.1) is 4.91 Å². The Labute approximate surface area is 104 Å². The minimum absolute atomic E-state index is 0.230. The lowest BCUT2D eigenvalue weighted by atomic mass is 10.2. The van der Waals surface area contributed by atoms with E-state index in [-0.39, 0.29) is 12.3 Å². The van der Waals surface area contributed by atoms with Crippen molar-refractivity contribution < 1.29 is 9.53 Å². The number of carbonyl (C=O) groups excluding carboxylic acids is 1. The van der Waals surface area contributed by atoms with Gasteiger partial charge < -0.3 is 4.74 Å². The van der Waals surface area contributed by atoms with Crippen molar-refractivity contribution in [3.63, 3.8) is 0 Å². The van der Waals surface area contributed by atoms with Gasteiger partial charge in [0.1, 0.15) is 12.3 Å². The lowest BCUT2D eigenvalue weighted by molar-refractivity contribution is 0.0473. The predicted molar refractivity (Wildman–Crippen MR) is 67.5 cm³/mol. The van der Waals surface area contributed by atoms with Crippen LogP contribution in [0.5, 0.6) is 0 Å². The van der Waals surface area contributed by atoms with Crippen molar-refractivity contribution >= 4 is 11.7 Å². The van der Waals surface area contributed by atoms with Crippen LogP contribution in [-0.2, 0) is 11.3 Å². The third-order valence-corrected chi connectivity index (χ3v) is 2.42. The molecule has 0 spiro atoms. The van der Waals surface area contributed by atoms with E-state index in [9.17, 15) is 9.70 Å². The van der Waals surface area contributed by atoms with Crippen LogP contribution in [0.4, 0.5) is 5.69 Å². The number of ether oxygens (including phenoxy) is 1. The molecule has 0 atom stereocenters. The fraction of sp³-hybridized carbons (Fsp3) is 0.0714. The third-order valence-electron chi connectivity index (χ3n) is 2.42. The first-order chi connectivity index (χ1) is 8.79. The molecule has 0 unspecified atom stereocenters. The van der Waals surface area contributed by atoms with Gasteiger partial charge in [-0.3, -0.25) is 0 Å². The first-order valence-electron chi connectivity index (χ1n) is 5.44. The summed E-state index contributed by atoms with van der Waals surface area (Å²) in [7, 11) is 0. The molecule has 0 saturated heterocycles. The van der Waals surface area contributed by atoms with Crippen molar-refractivity contribution in [2.24, 2.45) is 5.18 Å². The first-order valence-corrected chi connectivity index (χ1v) is 5.44. The van der Waals surface area contributed by atoms with Gasteiger partial charge in [0.15, 0.2) is 0 Å². The molecule has 0 bridgehead atoms. The Kier molecular flexibility index (Phi) is 3.81. The number of nitroso groups, excluding NO2 is 1. The van der Waals surface area contributed by atoms with Gasteiger partial charge in [0, 0.05) is 0 Å². The van der Waals surface area contributed by atoms with Crippen LogP contribution in [0.25, 0.3) is 0 Å². The van der Waals surface area contributed by atoms with Gasteiger partial charge in [0.2, 0.25) is 0 Å². The van der Waals surface area contributed by atoms with E-state index in [0.29, 0.717) is 5.56 Å². The number of hydrogen-bond donors (Lipinski definition) is 0. The average Bonchev–Trinajstić information content (AvgIpc) is 2.46. The lowest BCUT2D eigenvalue weighted by Gasteiger charge is -2.04. The molecule has 2 aromatic rings. The fourth-order valence-electron chi connectivity index (χ4n) is 1.46. The highest BCUT2D eigenvalue weighted by molar-refractivity contribution is 5.89. The summed E-state index contributed by atoms with van der Waals surface area (Å²) in [4.78, 5) is 21.9. The number of esters is 1. The lowest BCUT2D eigenvalue weighted by Crippen LogP contribution is -2.04. The topological polar surface area (TPSA) is 55.7 Å². The van der Waals surface area contributed by atoms with E-state index in [1.165, 1.54) is 24.3 Å². The summed E-state index contributed by atoms with van der Waals surface area (Å²) < 4.78 is 5.14. The third kappa shape index (κ3) is 3.01. The minimum Gasteiger partial charge on any atom is -0.457 e. The van der Waals surface area contributed by atoms with Gasteiger partial charge in [-0.2, -0.15) is 0 Å². The van der Waals surface area contributed by atoms with Crippen LogP contribution >= 0.6 is 0 Å². The molecule has 90 valence electrons. The van der Waals surface area contributed by atoms with Crippen LogP contribution in [0.3, 0.4) is 0 Å². The van der Waals surface area contributed by atoms with Crippen LogP contribution in [-0.4, -0.2) is 5.97 Å². The molecule has 0 aliphatic carbocycles. The summed E-state index contributed by atoms with van der Waals surface area (Å²) in [5, 5.41) is 2.76. The largest absolute Gasteiger partial charge is 0.457 e. The van der Waals surface area contributed by atoms with Gasteiger partial charge >= 0.3 is 5.97 Å². The smallest absolute Gasteiger partial charge is 0.338 e. The van der Waals surface area contributed by atoms with Crippen molar-refractivity contribution in [2.45, 2.75) is 6.61 Å². The summed E-state index contributed by atoms with van der Waals surface area (Å²) in [6.07, 6.45) is 0. The molecule has 0 fully saturated rings. The highest BCUT2D eigenvalue weighted by atomic mass is 16.5. The molecule has 0 saturated carbocycles. The Morgan fingerprint density at radius 3 is 2.28 bits per heavy atom. The Bertz CT molecular complexity index is 535. The zero-order valence-corrected chi connectivity index (χ0v) is 9.58. The molecule has 4 nitrogen and oxygen atoms in total. The van der Waals surface area contributed by atoms with Crippen LogP contribution in [0.2, 0.25) is 0 Å². The second kappa shape index (κ2) is 5.72. The quantitative estimate of drug-likeness (QED) is 0.608. The van der Waals surface area contributed by atoms with E-state index in [0.717, 1.165) is 5.56 Å². The van der Waals surface area contributed by atoms with Crippen LogP contribution in [0.15, 0.2) is 59.8 Å². The summed E-state index contributed by atoms with van der Waals surface area (Å²) in [5.74, 6) is -0.420. The van der Waals surface area contributed by atoms with Gasteiger partial charge in [-0.15, -0.1) is 4.91 Å². The van der Waals surface area contributed by atoms with Crippen LogP contribution in [0.1, 0.15) is 15.9 Å². The molecule has 0 aliphatic rings. The van der Waals surface area contributed by atoms with Crippen molar-refractivity contribution in [3.05, 3.63) is 70.6 Å². The zero-order valence-electron chi connectivity index (χ0n) is 9.58. The molecule has 0 amide bonds. The SMILES string of the molecule is O=Nc1ccc(C(=O)OCc2ccccc2)cc1. The summed E-state index contributed by atoms with van der Waals surface area (Å²) in [6.45, 7) is 0.230. The zero-order chi connectivity index (χ0) is 12.8. The van der Waals surface area contributed by atoms with E-state index in [2.05, 4.69) is 5.18 Å². The van der Waals surface area contributed by atoms with E-state index < -0.39 is 5.97 Å². The van der Waals surface area contributed by atoms with Gasteiger partial charge in [-0.05, 0) is 35.0 Å². The van der Waals surface area contributed by atoms with Crippen molar-refractivity contribution in [2.75, 3.05) is 0 Å². The van der Waals surface area contributed by atoms with Crippen molar-refractivity contribution in [1.82, 2.24) is 0 Å². The van der Waals surface area contributed by atoms with E-state index >= 15 is 0 Å². The molecule has 0 N–H and O–H groups in total. The Morgan fingerprint density at radius 1 is 1.00 bits per heavy atom. The van der Waals surface area contributed by atoms with Crippen molar-refractivity contribution in [1.29, 1.82) is 0 Å². The first kappa shape index (κ1) is 12.0. The molecular formula is C14H11NO3. The van der Waals surface area contributed by atoms with Crippen LogP contribution < -0.4 is 0 Å². The summed E-state index contributed by atoms with van der Waals surface area (Å²) in [5.41, 5.74) is 1.62. The van der Waals surface area contributed by atoms with Crippen molar-refractivity contribution in [3.8, 4) is 0 Å². The van der Waals surface area contributed by atoms with E-state index in [1.54, 1.807) is 0 Å². The summed E-state index contributed by atoms with van der Waals surface area (Å²) >= 11 is 0. The molecule has 0 aromatic heterocycles. The molecule has 2 rings (SSSR count). The maximum atomic E-state index is 11.7. The molecule has 0 aliphatic heterocycles. The summed E-state index contributed by atoms with van der Waals surface area (Å²) in [6, 6.07) is 15.4. The number of rotatable bonds is 4. The molecule has 2 aromatic carbocycles. The predicted octanol–water partition coefficient (Wildman–Crippen LogP) is 3.44. The number of carbonyl (C=O) groups is 1. The Hall–Kier alpha value is -2.49. The number of benzene rings is 2. The van der Waals surface area contributed by atoms with Gasteiger partial charge in [0.25, 0.3) is 0 Å². The highest BCUT2D eigenvalue weighted by Gasteiger charge is 2.07. The molecule has 0 radical (unpaired) electrons. The minimum atomic E-state index is -0.420. The molecule has 0 heterocycles. The Morgan fingerprint density at radius 2 is 1.67 bits per heavy atom. The van der Waals surface area contributed by atoms with Gasteiger partial charge in [-0.25, -0.2) is 4.79 Å². The molecule has 4 heteroatoms. The second-order valence-electron chi connectivity index (χ2n) is 3.70. The maximum absolute atomic E-state index is 11.7. The van der Waals surface area contributed by atoms with Gasteiger partial charge in [-0.1, -0.05) is 30.3 Å². The fourth-order valence-corrected chi connectivity index (χ4v) is 1.46. The Balaban J connectivity index is 1.97. The molecular weight excluding hydrogens is 230 g/mol. The van der Waals surface area contributed by atoms with E-state index in [4.69, 9.17) is 4.74 Å². The normalized spacial score (nSPS) is 9.78. The average molecular weight is 241 g/mol. The maximum Gasteiger partial charge on any atom is 0.338 e. The molecule has 18 heavy (non-hydrogen) atoms. The second-order valence-corrected chi connectivity index (χ2v) is 3.70. The monoisotopic (exact) mass is 241 g/mol. The number of hydrogen-bond acceptors (Lipinski definition) is 4. The highest BCUT2D eigenvalue weighted by Crippen LogP contribution is 2.13. The van der Waals surface area contributed by atoms with Gasteiger partial charge in [0.05, 0.1) is 5.56 Å². The van der Waals surface area contributed by atoms with E-state index in [1.807, 2.05) is 30.3 Å².